The fraction of sp³-hybridized carbons (Fsp3) is 0.700. The molecule has 0 saturated carbocycles. The third kappa shape index (κ3) is 2.07. The second-order valence-electron chi connectivity index (χ2n) is 4.02. The quantitative estimate of drug-likeness (QED) is 0.811. The summed E-state index contributed by atoms with van der Waals surface area (Å²) >= 11 is 1.72. The summed E-state index contributed by atoms with van der Waals surface area (Å²) in [4.78, 5) is 6.89. The molecule has 78 valence electrons. The molecule has 0 aliphatic carbocycles. The third-order valence-corrected chi connectivity index (χ3v) is 3.63. The molecule has 0 amide bonds. The molecular formula is C10H17N3S. The van der Waals surface area contributed by atoms with Gasteiger partial charge in [0, 0.05) is 25.0 Å². The van der Waals surface area contributed by atoms with Crippen LogP contribution in [0.3, 0.4) is 0 Å². The summed E-state index contributed by atoms with van der Waals surface area (Å²) in [5.41, 5.74) is 6.56. The Morgan fingerprint density at radius 1 is 1.71 bits per heavy atom. The van der Waals surface area contributed by atoms with Crippen LogP contribution in [0.5, 0.6) is 0 Å². The Hall–Kier alpha value is -0.610. The number of rotatable bonds is 2. The van der Waals surface area contributed by atoms with Gasteiger partial charge in [-0.3, -0.25) is 0 Å². The minimum atomic E-state index is 0.555. The van der Waals surface area contributed by atoms with Gasteiger partial charge in [0.2, 0.25) is 0 Å². The first-order valence-corrected chi connectivity index (χ1v) is 6.07. The molecule has 0 spiro atoms. The van der Waals surface area contributed by atoms with Crippen LogP contribution in [0.2, 0.25) is 0 Å². The fourth-order valence-corrected chi connectivity index (χ4v) is 2.77. The van der Waals surface area contributed by atoms with E-state index in [-0.39, 0.29) is 0 Å². The van der Waals surface area contributed by atoms with Crippen LogP contribution in [0.15, 0.2) is 5.38 Å². The summed E-state index contributed by atoms with van der Waals surface area (Å²) in [6.07, 6.45) is 2.64. The van der Waals surface area contributed by atoms with Gasteiger partial charge in [0.1, 0.15) is 0 Å². The molecule has 4 heteroatoms. The van der Waals surface area contributed by atoms with E-state index in [0.717, 1.165) is 29.8 Å². The summed E-state index contributed by atoms with van der Waals surface area (Å²) in [6.45, 7) is 5.17. The van der Waals surface area contributed by atoms with Crippen molar-refractivity contribution in [1.29, 1.82) is 0 Å². The van der Waals surface area contributed by atoms with Gasteiger partial charge in [-0.25, -0.2) is 4.98 Å². The van der Waals surface area contributed by atoms with E-state index in [1.54, 1.807) is 11.3 Å². The summed E-state index contributed by atoms with van der Waals surface area (Å²) < 4.78 is 0. The summed E-state index contributed by atoms with van der Waals surface area (Å²) in [5.74, 6) is 0.800. The molecule has 0 bridgehead atoms. The standard InChI is InChI=1S/C10H17N3S/c1-8-3-2-4-13(6-8)10-12-9(5-11)7-14-10/h7-8H,2-6,11H2,1H3. The lowest BCUT2D eigenvalue weighted by molar-refractivity contribution is 0.446. The van der Waals surface area contributed by atoms with Crippen molar-refractivity contribution in [2.45, 2.75) is 26.3 Å². The third-order valence-electron chi connectivity index (χ3n) is 2.68. The second-order valence-corrected chi connectivity index (χ2v) is 4.86. The van der Waals surface area contributed by atoms with Crippen molar-refractivity contribution in [1.82, 2.24) is 4.98 Å². The van der Waals surface area contributed by atoms with E-state index < -0.39 is 0 Å². The normalized spacial score (nSPS) is 22.7. The molecule has 1 saturated heterocycles. The predicted molar refractivity (Wildman–Crippen MR) is 60.6 cm³/mol. The lowest BCUT2D eigenvalue weighted by atomic mass is 10.0. The van der Waals surface area contributed by atoms with Gasteiger partial charge in [0.05, 0.1) is 5.69 Å². The molecule has 1 unspecified atom stereocenters. The van der Waals surface area contributed by atoms with Gasteiger partial charge < -0.3 is 10.6 Å². The number of nitrogens with two attached hydrogens (primary N) is 1. The maximum atomic E-state index is 5.55. The first-order chi connectivity index (χ1) is 6.79. The molecule has 1 aromatic heterocycles. The maximum absolute atomic E-state index is 5.55. The molecule has 1 aromatic rings. The molecule has 0 radical (unpaired) electrons. The summed E-state index contributed by atoms with van der Waals surface area (Å²) in [5, 5.41) is 3.21. The molecule has 2 rings (SSSR count). The molecule has 3 nitrogen and oxygen atoms in total. The molecule has 1 atom stereocenters. The van der Waals surface area contributed by atoms with Crippen LogP contribution >= 0.6 is 11.3 Å². The van der Waals surface area contributed by atoms with Gasteiger partial charge in [-0.15, -0.1) is 11.3 Å². The van der Waals surface area contributed by atoms with Crippen LogP contribution in [0, 0.1) is 5.92 Å². The minimum absolute atomic E-state index is 0.555. The molecule has 1 fully saturated rings. The molecule has 1 aliphatic rings. The lowest BCUT2D eigenvalue weighted by Gasteiger charge is -2.30. The van der Waals surface area contributed by atoms with Crippen LogP contribution in [0.4, 0.5) is 5.13 Å². The van der Waals surface area contributed by atoms with Crippen LogP contribution in [0.1, 0.15) is 25.5 Å². The Kier molecular flexibility index (Phi) is 3.03. The zero-order chi connectivity index (χ0) is 9.97. The van der Waals surface area contributed by atoms with E-state index in [1.165, 1.54) is 12.8 Å². The molecule has 0 aromatic carbocycles. The number of hydrogen-bond donors (Lipinski definition) is 1. The Morgan fingerprint density at radius 3 is 3.21 bits per heavy atom. The highest BCUT2D eigenvalue weighted by molar-refractivity contribution is 7.13. The summed E-state index contributed by atoms with van der Waals surface area (Å²) in [6, 6.07) is 0. The first-order valence-electron chi connectivity index (χ1n) is 5.19. The van der Waals surface area contributed by atoms with E-state index in [4.69, 9.17) is 5.73 Å². The number of aromatic nitrogens is 1. The Labute approximate surface area is 88.9 Å². The highest BCUT2D eigenvalue weighted by atomic mass is 32.1. The monoisotopic (exact) mass is 211 g/mol. The first kappa shape index (κ1) is 9.93. The van der Waals surface area contributed by atoms with Gasteiger partial charge >= 0.3 is 0 Å². The molecular weight excluding hydrogens is 194 g/mol. The molecule has 2 N–H and O–H groups in total. The topological polar surface area (TPSA) is 42.2 Å². The van der Waals surface area contributed by atoms with E-state index in [2.05, 4.69) is 22.2 Å². The summed E-state index contributed by atoms with van der Waals surface area (Å²) in [7, 11) is 0. The number of nitrogens with zero attached hydrogens (tertiary/aromatic N) is 2. The minimum Gasteiger partial charge on any atom is -0.348 e. The Bertz CT molecular complexity index is 297. The van der Waals surface area contributed by atoms with Gasteiger partial charge in [0.25, 0.3) is 0 Å². The largest absolute Gasteiger partial charge is 0.348 e. The Morgan fingerprint density at radius 2 is 2.57 bits per heavy atom. The van der Waals surface area contributed by atoms with Crippen molar-refractivity contribution in [3.05, 3.63) is 11.1 Å². The average Bonchev–Trinajstić information content (AvgIpc) is 2.66. The van der Waals surface area contributed by atoms with Crippen LogP contribution in [0.25, 0.3) is 0 Å². The zero-order valence-electron chi connectivity index (χ0n) is 8.57. The SMILES string of the molecule is CC1CCCN(c2nc(CN)cs2)C1. The van der Waals surface area contributed by atoms with Gasteiger partial charge in [-0.2, -0.15) is 0 Å². The van der Waals surface area contributed by atoms with Crippen molar-refractivity contribution in [3.63, 3.8) is 0 Å². The maximum Gasteiger partial charge on any atom is 0.185 e. The van der Waals surface area contributed by atoms with Gasteiger partial charge in [0.15, 0.2) is 5.13 Å². The van der Waals surface area contributed by atoms with Crippen LogP contribution < -0.4 is 10.6 Å². The smallest absolute Gasteiger partial charge is 0.185 e. The van der Waals surface area contributed by atoms with Crippen molar-refractivity contribution >= 4 is 16.5 Å². The number of hydrogen-bond acceptors (Lipinski definition) is 4. The van der Waals surface area contributed by atoms with Crippen molar-refractivity contribution in [2.75, 3.05) is 18.0 Å². The van der Waals surface area contributed by atoms with Gasteiger partial charge in [-0.1, -0.05) is 6.92 Å². The van der Waals surface area contributed by atoms with Crippen LogP contribution in [-0.4, -0.2) is 18.1 Å². The van der Waals surface area contributed by atoms with E-state index in [0.29, 0.717) is 6.54 Å². The predicted octanol–water partition coefficient (Wildman–Crippen LogP) is 1.84. The fourth-order valence-electron chi connectivity index (χ4n) is 1.90. The van der Waals surface area contributed by atoms with E-state index in [9.17, 15) is 0 Å². The molecule has 1 aliphatic heterocycles. The lowest BCUT2D eigenvalue weighted by Crippen LogP contribution is -2.34. The number of anilines is 1. The molecule has 2 heterocycles. The van der Waals surface area contributed by atoms with E-state index in [1.807, 2.05) is 0 Å². The van der Waals surface area contributed by atoms with Crippen molar-refractivity contribution in [3.8, 4) is 0 Å². The van der Waals surface area contributed by atoms with Crippen molar-refractivity contribution in [2.24, 2.45) is 11.7 Å². The van der Waals surface area contributed by atoms with E-state index >= 15 is 0 Å². The number of piperidine rings is 1. The van der Waals surface area contributed by atoms with Crippen molar-refractivity contribution < 1.29 is 0 Å². The highest BCUT2D eigenvalue weighted by Crippen LogP contribution is 2.25. The zero-order valence-corrected chi connectivity index (χ0v) is 9.39. The Balaban J connectivity index is 2.06. The molecule has 14 heavy (non-hydrogen) atoms. The number of thiazole rings is 1. The second kappa shape index (κ2) is 4.28. The van der Waals surface area contributed by atoms with Crippen LogP contribution in [-0.2, 0) is 6.54 Å². The van der Waals surface area contributed by atoms with Gasteiger partial charge in [-0.05, 0) is 18.8 Å². The highest BCUT2D eigenvalue weighted by Gasteiger charge is 2.18. The average molecular weight is 211 g/mol.